The molecule has 0 bridgehead atoms. The van der Waals surface area contributed by atoms with Crippen LogP contribution in [0.15, 0.2) is 36.4 Å². The van der Waals surface area contributed by atoms with E-state index in [9.17, 15) is 4.79 Å². The van der Waals surface area contributed by atoms with Gasteiger partial charge in [-0.2, -0.15) is 0 Å². The summed E-state index contributed by atoms with van der Waals surface area (Å²) in [5, 5.41) is 3.10. The van der Waals surface area contributed by atoms with Crippen LogP contribution < -0.4 is 14.8 Å². The van der Waals surface area contributed by atoms with Crippen LogP contribution >= 0.6 is 0 Å². The van der Waals surface area contributed by atoms with Gasteiger partial charge in [-0.3, -0.25) is 4.79 Å². The molecule has 5 nitrogen and oxygen atoms in total. The fourth-order valence-corrected chi connectivity index (χ4v) is 2.89. The summed E-state index contributed by atoms with van der Waals surface area (Å²) >= 11 is 0. The first-order valence-electron chi connectivity index (χ1n) is 8.68. The predicted octanol–water partition coefficient (Wildman–Crippen LogP) is 3.68. The number of carbonyl (C=O) groups is 1. The van der Waals surface area contributed by atoms with Crippen molar-refractivity contribution in [1.29, 1.82) is 0 Å². The lowest BCUT2D eigenvalue weighted by atomic mass is 9.95. The lowest BCUT2D eigenvalue weighted by molar-refractivity contribution is 0.0920. The SMILES string of the molecule is Cc1cccc(C(=O)N[C@@H](c2ccc3c(c2)OCCCO3)C(C)C)n1. The van der Waals surface area contributed by atoms with Gasteiger partial charge in [-0.05, 0) is 42.7 Å². The molecular formula is C20H24N2O3. The molecule has 1 amide bonds. The van der Waals surface area contributed by atoms with Crippen molar-refractivity contribution in [3.63, 3.8) is 0 Å². The highest BCUT2D eigenvalue weighted by Gasteiger charge is 2.22. The molecule has 2 aromatic rings. The van der Waals surface area contributed by atoms with Crippen LogP contribution in [-0.2, 0) is 0 Å². The van der Waals surface area contributed by atoms with Crippen LogP contribution in [0.2, 0.25) is 0 Å². The number of benzene rings is 1. The Morgan fingerprint density at radius 2 is 1.88 bits per heavy atom. The smallest absolute Gasteiger partial charge is 0.270 e. The molecule has 1 aliphatic heterocycles. The molecule has 0 radical (unpaired) electrons. The molecule has 5 heteroatoms. The first-order chi connectivity index (χ1) is 12.0. The summed E-state index contributed by atoms with van der Waals surface area (Å²) in [5.74, 6) is 1.55. The molecule has 1 aliphatic rings. The van der Waals surface area contributed by atoms with E-state index in [0.717, 1.165) is 29.2 Å². The van der Waals surface area contributed by atoms with Gasteiger partial charge in [-0.1, -0.05) is 26.0 Å². The Kier molecular flexibility index (Phi) is 5.22. The first-order valence-corrected chi connectivity index (χ1v) is 8.68. The van der Waals surface area contributed by atoms with Gasteiger partial charge in [0, 0.05) is 12.1 Å². The van der Waals surface area contributed by atoms with E-state index in [1.165, 1.54) is 0 Å². The summed E-state index contributed by atoms with van der Waals surface area (Å²) in [5.41, 5.74) is 2.25. The Bertz CT molecular complexity index is 758. The summed E-state index contributed by atoms with van der Waals surface area (Å²) < 4.78 is 11.5. The number of nitrogens with one attached hydrogen (secondary N) is 1. The highest BCUT2D eigenvalue weighted by atomic mass is 16.5. The molecule has 1 aromatic carbocycles. The van der Waals surface area contributed by atoms with E-state index in [2.05, 4.69) is 24.1 Å². The summed E-state index contributed by atoms with van der Waals surface area (Å²) in [6.07, 6.45) is 0.868. The van der Waals surface area contributed by atoms with Crippen molar-refractivity contribution in [3.05, 3.63) is 53.3 Å². The van der Waals surface area contributed by atoms with Gasteiger partial charge in [-0.25, -0.2) is 4.98 Å². The molecule has 3 rings (SSSR count). The number of pyridine rings is 1. The Morgan fingerprint density at radius 1 is 1.12 bits per heavy atom. The molecule has 0 saturated carbocycles. The largest absolute Gasteiger partial charge is 0.490 e. The van der Waals surface area contributed by atoms with Crippen molar-refractivity contribution < 1.29 is 14.3 Å². The third-order valence-corrected chi connectivity index (χ3v) is 4.20. The first kappa shape index (κ1) is 17.3. The molecule has 132 valence electrons. The number of hydrogen-bond acceptors (Lipinski definition) is 4. The van der Waals surface area contributed by atoms with Gasteiger partial charge in [0.05, 0.1) is 19.3 Å². The van der Waals surface area contributed by atoms with Crippen molar-refractivity contribution in [2.24, 2.45) is 5.92 Å². The highest BCUT2D eigenvalue weighted by Crippen LogP contribution is 2.34. The Labute approximate surface area is 148 Å². The molecule has 1 aromatic heterocycles. The minimum atomic E-state index is -0.172. The van der Waals surface area contributed by atoms with Crippen molar-refractivity contribution in [1.82, 2.24) is 10.3 Å². The van der Waals surface area contributed by atoms with Gasteiger partial charge in [0.15, 0.2) is 11.5 Å². The average Bonchev–Trinajstić information content (AvgIpc) is 2.83. The number of aryl methyl sites for hydroxylation is 1. The normalized spacial score (nSPS) is 14.7. The molecular weight excluding hydrogens is 316 g/mol. The summed E-state index contributed by atoms with van der Waals surface area (Å²) in [4.78, 5) is 16.9. The van der Waals surface area contributed by atoms with E-state index in [4.69, 9.17) is 9.47 Å². The maximum absolute atomic E-state index is 12.6. The number of rotatable bonds is 4. The molecule has 1 N–H and O–H groups in total. The van der Waals surface area contributed by atoms with Crippen LogP contribution in [0, 0.1) is 12.8 Å². The van der Waals surface area contributed by atoms with E-state index in [1.54, 1.807) is 6.07 Å². The van der Waals surface area contributed by atoms with Crippen molar-refractivity contribution in [2.75, 3.05) is 13.2 Å². The lowest BCUT2D eigenvalue weighted by Gasteiger charge is -2.23. The van der Waals surface area contributed by atoms with E-state index in [1.807, 2.05) is 37.3 Å². The van der Waals surface area contributed by atoms with Crippen LogP contribution in [0.25, 0.3) is 0 Å². The topological polar surface area (TPSA) is 60.5 Å². The zero-order chi connectivity index (χ0) is 17.8. The Morgan fingerprint density at radius 3 is 2.60 bits per heavy atom. The molecule has 2 heterocycles. The van der Waals surface area contributed by atoms with Gasteiger partial charge in [0.25, 0.3) is 5.91 Å². The van der Waals surface area contributed by atoms with E-state index >= 15 is 0 Å². The zero-order valence-electron chi connectivity index (χ0n) is 14.9. The van der Waals surface area contributed by atoms with Crippen LogP contribution in [-0.4, -0.2) is 24.1 Å². The van der Waals surface area contributed by atoms with Crippen molar-refractivity contribution >= 4 is 5.91 Å². The van der Waals surface area contributed by atoms with Crippen LogP contribution in [0.4, 0.5) is 0 Å². The molecule has 0 spiro atoms. The monoisotopic (exact) mass is 340 g/mol. The standard InChI is InChI=1S/C20H24N2O3/c1-13(2)19(22-20(23)16-7-4-6-14(3)21-16)15-8-9-17-18(12-15)25-11-5-10-24-17/h4,6-9,12-13,19H,5,10-11H2,1-3H3,(H,22,23)/t19-/m1/s1. The van der Waals surface area contributed by atoms with Crippen LogP contribution in [0.1, 0.15) is 48.1 Å². The zero-order valence-corrected chi connectivity index (χ0v) is 14.9. The number of nitrogens with zero attached hydrogens (tertiary/aromatic N) is 1. The Balaban J connectivity index is 1.84. The van der Waals surface area contributed by atoms with Gasteiger partial charge < -0.3 is 14.8 Å². The second kappa shape index (κ2) is 7.55. The fraction of sp³-hybridized carbons (Fsp3) is 0.400. The molecule has 0 saturated heterocycles. The molecule has 0 unspecified atom stereocenters. The van der Waals surface area contributed by atoms with Crippen LogP contribution in [0.5, 0.6) is 11.5 Å². The van der Waals surface area contributed by atoms with Crippen LogP contribution in [0.3, 0.4) is 0 Å². The average molecular weight is 340 g/mol. The van der Waals surface area contributed by atoms with E-state index in [-0.39, 0.29) is 17.9 Å². The second-order valence-corrected chi connectivity index (χ2v) is 6.62. The van der Waals surface area contributed by atoms with E-state index in [0.29, 0.717) is 18.9 Å². The summed E-state index contributed by atoms with van der Waals surface area (Å²) in [6.45, 7) is 7.34. The molecule has 0 aliphatic carbocycles. The maximum atomic E-state index is 12.6. The van der Waals surface area contributed by atoms with Gasteiger partial charge in [0.1, 0.15) is 5.69 Å². The van der Waals surface area contributed by atoms with Gasteiger partial charge in [0.2, 0.25) is 0 Å². The number of hydrogen-bond donors (Lipinski definition) is 1. The number of aromatic nitrogens is 1. The number of fused-ring (bicyclic) bond motifs is 1. The molecule has 25 heavy (non-hydrogen) atoms. The number of amides is 1. The van der Waals surface area contributed by atoms with Crippen molar-refractivity contribution in [3.8, 4) is 11.5 Å². The Hall–Kier alpha value is -2.56. The number of carbonyl (C=O) groups excluding carboxylic acids is 1. The minimum Gasteiger partial charge on any atom is -0.490 e. The lowest BCUT2D eigenvalue weighted by Crippen LogP contribution is -2.32. The van der Waals surface area contributed by atoms with E-state index < -0.39 is 0 Å². The molecule has 1 atom stereocenters. The fourth-order valence-electron chi connectivity index (χ4n) is 2.89. The minimum absolute atomic E-state index is 0.132. The maximum Gasteiger partial charge on any atom is 0.270 e. The third-order valence-electron chi connectivity index (χ3n) is 4.20. The van der Waals surface area contributed by atoms with Gasteiger partial charge >= 0.3 is 0 Å². The van der Waals surface area contributed by atoms with Gasteiger partial charge in [-0.15, -0.1) is 0 Å². The van der Waals surface area contributed by atoms with Crippen molar-refractivity contribution in [2.45, 2.75) is 33.2 Å². The number of ether oxygens (including phenoxy) is 2. The quantitative estimate of drug-likeness (QED) is 0.922. The second-order valence-electron chi connectivity index (χ2n) is 6.62. The predicted molar refractivity (Wildman–Crippen MR) is 96.1 cm³/mol. The highest BCUT2D eigenvalue weighted by molar-refractivity contribution is 5.92. The summed E-state index contributed by atoms with van der Waals surface area (Å²) in [7, 11) is 0. The third kappa shape index (κ3) is 4.10. The summed E-state index contributed by atoms with van der Waals surface area (Å²) in [6, 6.07) is 11.2. The molecule has 0 fully saturated rings.